The van der Waals surface area contributed by atoms with Gasteiger partial charge in [0.25, 0.3) is 10.2 Å². The monoisotopic (exact) mass is 293 g/mol. The van der Waals surface area contributed by atoms with Crippen LogP contribution in [0.15, 0.2) is 0 Å². The smallest absolute Gasteiger partial charge is 0.306 e. The minimum absolute atomic E-state index is 0.0210. The van der Waals surface area contributed by atoms with Crippen molar-refractivity contribution in [3.63, 3.8) is 0 Å². The zero-order valence-corrected chi connectivity index (χ0v) is 11.9. The Bertz CT molecular complexity index is 436. The zero-order chi connectivity index (χ0) is 14.5. The van der Waals surface area contributed by atoms with Gasteiger partial charge in [-0.1, -0.05) is 0 Å². The Hall–Kier alpha value is -1.19. The van der Waals surface area contributed by atoms with Crippen LogP contribution in [0, 0.1) is 0 Å². The molecule has 0 spiro atoms. The van der Waals surface area contributed by atoms with Crippen molar-refractivity contribution in [2.75, 3.05) is 40.3 Å². The number of amides is 1. The van der Waals surface area contributed by atoms with Gasteiger partial charge in [0, 0.05) is 26.7 Å². The average Bonchev–Trinajstić information content (AvgIpc) is 2.60. The largest absolute Gasteiger partial charge is 0.469 e. The lowest BCUT2D eigenvalue weighted by molar-refractivity contribution is -0.140. The van der Waals surface area contributed by atoms with Crippen molar-refractivity contribution in [3.05, 3.63) is 0 Å². The van der Waals surface area contributed by atoms with Crippen molar-refractivity contribution < 1.29 is 22.7 Å². The number of methoxy groups -OCH3 is 1. The van der Waals surface area contributed by atoms with E-state index in [4.69, 9.17) is 0 Å². The molecular formula is C10H19N3O5S. The van der Waals surface area contributed by atoms with Gasteiger partial charge in [0.15, 0.2) is 0 Å². The van der Waals surface area contributed by atoms with Gasteiger partial charge in [0.1, 0.15) is 0 Å². The number of nitrogens with one attached hydrogen (secondary N) is 1. The molecule has 0 atom stereocenters. The molecule has 1 rings (SSSR count). The predicted molar refractivity (Wildman–Crippen MR) is 67.4 cm³/mol. The molecule has 19 heavy (non-hydrogen) atoms. The molecule has 8 nitrogen and oxygen atoms in total. The fourth-order valence-electron chi connectivity index (χ4n) is 1.64. The standard InChI is InChI=1S/C10H19N3O5S/c1-12(7-4-10(15)18-2)19(16,17)13-6-3-5-11-9(14)8-13/h3-8H2,1-2H3,(H,11,14). The van der Waals surface area contributed by atoms with Crippen LogP contribution in [0.4, 0.5) is 0 Å². The molecule has 0 saturated carbocycles. The first kappa shape index (κ1) is 15.9. The number of hydrogen-bond acceptors (Lipinski definition) is 5. The van der Waals surface area contributed by atoms with Gasteiger partial charge >= 0.3 is 5.97 Å². The molecule has 0 aromatic rings. The van der Waals surface area contributed by atoms with Gasteiger partial charge in [-0.15, -0.1) is 0 Å². The Morgan fingerprint density at radius 1 is 1.53 bits per heavy atom. The Kier molecular flexibility index (Phi) is 5.70. The lowest BCUT2D eigenvalue weighted by Gasteiger charge is -2.25. The van der Waals surface area contributed by atoms with E-state index in [0.717, 1.165) is 8.61 Å². The second-order valence-electron chi connectivity index (χ2n) is 4.19. The van der Waals surface area contributed by atoms with Crippen LogP contribution < -0.4 is 5.32 Å². The molecule has 1 heterocycles. The molecule has 1 fully saturated rings. The summed E-state index contributed by atoms with van der Waals surface area (Å²) in [5, 5.41) is 2.61. The molecule has 1 aliphatic heterocycles. The summed E-state index contributed by atoms with van der Waals surface area (Å²) in [5.41, 5.74) is 0. The molecule has 0 aromatic carbocycles. The fourth-order valence-corrected chi connectivity index (χ4v) is 3.00. The van der Waals surface area contributed by atoms with E-state index in [1.54, 1.807) is 0 Å². The first-order valence-electron chi connectivity index (χ1n) is 5.93. The zero-order valence-electron chi connectivity index (χ0n) is 11.1. The summed E-state index contributed by atoms with van der Waals surface area (Å²) in [6, 6.07) is 0. The van der Waals surface area contributed by atoms with E-state index < -0.39 is 16.2 Å². The molecule has 110 valence electrons. The number of rotatable bonds is 5. The van der Waals surface area contributed by atoms with E-state index in [1.807, 2.05) is 0 Å². The topological polar surface area (TPSA) is 96.0 Å². The highest BCUT2D eigenvalue weighted by atomic mass is 32.2. The lowest BCUT2D eigenvalue weighted by atomic mass is 10.4. The van der Waals surface area contributed by atoms with Crippen LogP contribution in [0.25, 0.3) is 0 Å². The van der Waals surface area contributed by atoms with Gasteiger partial charge in [0.05, 0.1) is 20.1 Å². The summed E-state index contributed by atoms with van der Waals surface area (Å²) in [7, 11) is -1.10. The number of ether oxygens (including phenoxy) is 1. The van der Waals surface area contributed by atoms with Crippen molar-refractivity contribution in [2.45, 2.75) is 12.8 Å². The SMILES string of the molecule is COC(=O)CCN(C)S(=O)(=O)N1CCCNC(=O)C1. The number of hydrogen-bond donors (Lipinski definition) is 1. The predicted octanol–water partition coefficient (Wildman–Crippen LogP) is -1.45. The van der Waals surface area contributed by atoms with Crippen LogP contribution in [-0.2, 0) is 24.5 Å². The quantitative estimate of drug-likeness (QED) is 0.626. The number of carbonyl (C=O) groups excluding carboxylic acids is 2. The van der Waals surface area contributed by atoms with Crippen LogP contribution >= 0.6 is 0 Å². The molecule has 1 amide bonds. The van der Waals surface area contributed by atoms with Gasteiger partial charge in [0.2, 0.25) is 5.91 Å². The van der Waals surface area contributed by atoms with Gasteiger partial charge in [-0.05, 0) is 6.42 Å². The third-order valence-corrected chi connectivity index (χ3v) is 4.74. The maximum absolute atomic E-state index is 12.2. The molecule has 1 N–H and O–H groups in total. The van der Waals surface area contributed by atoms with Gasteiger partial charge in [-0.2, -0.15) is 17.0 Å². The highest BCUT2D eigenvalue weighted by molar-refractivity contribution is 7.86. The van der Waals surface area contributed by atoms with Crippen LogP contribution in [0.3, 0.4) is 0 Å². The molecule has 1 aliphatic rings. The molecular weight excluding hydrogens is 274 g/mol. The number of carbonyl (C=O) groups is 2. The third-order valence-electron chi connectivity index (χ3n) is 2.81. The highest BCUT2D eigenvalue weighted by Gasteiger charge is 2.30. The third kappa shape index (κ3) is 4.44. The minimum Gasteiger partial charge on any atom is -0.469 e. The van der Waals surface area contributed by atoms with Crippen molar-refractivity contribution in [3.8, 4) is 0 Å². The molecule has 1 saturated heterocycles. The van der Waals surface area contributed by atoms with E-state index >= 15 is 0 Å². The summed E-state index contributed by atoms with van der Waals surface area (Å²) in [4.78, 5) is 22.4. The van der Waals surface area contributed by atoms with Crippen molar-refractivity contribution in [1.29, 1.82) is 0 Å². The molecule has 9 heteroatoms. The molecule has 0 aromatic heterocycles. The minimum atomic E-state index is -3.72. The summed E-state index contributed by atoms with van der Waals surface area (Å²) in [6.07, 6.45) is 0.544. The maximum Gasteiger partial charge on any atom is 0.306 e. The first-order valence-corrected chi connectivity index (χ1v) is 7.32. The van der Waals surface area contributed by atoms with Gasteiger partial charge < -0.3 is 10.1 Å². The van der Waals surface area contributed by atoms with Crippen LogP contribution in [0.1, 0.15) is 12.8 Å². The van der Waals surface area contributed by atoms with Crippen molar-refractivity contribution in [2.24, 2.45) is 0 Å². The van der Waals surface area contributed by atoms with Crippen LogP contribution in [-0.4, -0.2) is 69.2 Å². The second-order valence-corrected chi connectivity index (χ2v) is 6.23. The molecule has 0 bridgehead atoms. The Morgan fingerprint density at radius 3 is 2.84 bits per heavy atom. The second kappa shape index (κ2) is 6.83. The summed E-state index contributed by atoms with van der Waals surface area (Å²) >= 11 is 0. The fraction of sp³-hybridized carbons (Fsp3) is 0.800. The lowest BCUT2D eigenvalue weighted by Crippen LogP contribution is -2.45. The maximum atomic E-state index is 12.2. The number of nitrogens with zero attached hydrogens (tertiary/aromatic N) is 2. The van der Waals surface area contributed by atoms with Crippen LogP contribution in [0.2, 0.25) is 0 Å². The van der Waals surface area contributed by atoms with E-state index in [1.165, 1.54) is 14.2 Å². The van der Waals surface area contributed by atoms with E-state index in [2.05, 4.69) is 10.1 Å². The normalized spacial score (nSPS) is 17.9. The van der Waals surface area contributed by atoms with E-state index in [-0.39, 0.29) is 32.0 Å². The van der Waals surface area contributed by atoms with Crippen LogP contribution in [0.5, 0.6) is 0 Å². The van der Waals surface area contributed by atoms with E-state index in [9.17, 15) is 18.0 Å². The molecule has 0 radical (unpaired) electrons. The average molecular weight is 293 g/mol. The van der Waals surface area contributed by atoms with Crippen molar-refractivity contribution >= 4 is 22.1 Å². The van der Waals surface area contributed by atoms with Gasteiger partial charge in [-0.3, -0.25) is 9.59 Å². The van der Waals surface area contributed by atoms with E-state index in [0.29, 0.717) is 13.0 Å². The number of esters is 1. The Labute approximate surface area is 112 Å². The molecule has 0 aliphatic carbocycles. The summed E-state index contributed by atoms with van der Waals surface area (Å²) in [5.74, 6) is -0.793. The summed E-state index contributed by atoms with van der Waals surface area (Å²) in [6.45, 7) is 0.582. The summed E-state index contributed by atoms with van der Waals surface area (Å²) < 4.78 is 31.0. The Morgan fingerprint density at radius 2 is 2.21 bits per heavy atom. The highest BCUT2D eigenvalue weighted by Crippen LogP contribution is 2.09. The van der Waals surface area contributed by atoms with Gasteiger partial charge in [-0.25, -0.2) is 0 Å². The Balaban J connectivity index is 2.67. The van der Waals surface area contributed by atoms with Crippen molar-refractivity contribution in [1.82, 2.24) is 13.9 Å². The first-order chi connectivity index (χ1) is 8.87. The molecule has 0 unspecified atom stereocenters.